The van der Waals surface area contributed by atoms with Gasteiger partial charge in [-0.3, -0.25) is 4.90 Å². The van der Waals surface area contributed by atoms with Crippen LogP contribution in [-0.4, -0.2) is 56.1 Å². The van der Waals surface area contributed by atoms with Gasteiger partial charge in [-0.2, -0.15) is 9.50 Å². The maximum Gasteiger partial charge on any atom is 0.276 e. The fraction of sp³-hybridized carbons (Fsp3) is 0.600. The summed E-state index contributed by atoms with van der Waals surface area (Å²) in [5.41, 5.74) is 1.47. The predicted octanol–water partition coefficient (Wildman–Crippen LogP) is 1.71. The number of aromatic nitrogens is 5. The summed E-state index contributed by atoms with van der Waals surface area (Å²) in [4.78, 5) is 12.3. The number of thiophene rings is 1. The lowest BCUT2D eigenvalue weighted by molar-refractivity contribution is 0.272. The molecule has 0 aromatic carbocycles. The summed E-state index contributed by atoms with van der Waals surface area (Å²) in [5.74, 6) is 1.72. The molecule has 0 aliphatic carbocycles. The van der Waals surface area contributed by atoms with Crippen molar-refractivity contribution >= 4 is 33.1 Å². The number of hydrogen-bond acceptors (Lipinski definition) is 7. The van der Waals surface area contributed by atoms with Crippen molar-refractivity contribution in [2.75, 3.05) is 31.1 Å². The summed E-state index contributed by atoms with van der Waals surface area (Å²) >= 11 is 1.84. The summed E-state index contributed by atoms with van der Waals surface area (Å²) in [5, 5.41) is 13.4. The highest BCUT2D eigenvalue weighted by atomic mass is 32.1. The lowest BCUT2D eigenvalue weighted by Crippen LogP contribution is -2.29. The van der Waals surface area contributed by atoms with Crippen molar-refractivity contribution in [1.82, 2.24) is 29.9 Å². The monoisotopic (exact) mass is 329 g/mol. The number of nitrogens with zero attached hydrogens (tertiary/aromatic N) is 7. The number of fused-ring (bicyclic) bond motifs is 5. The highest BCUT2D eigenvalue weighted by molar-refractivity contribution is 7.19. The zero-order chi connectivity index (χ0) is 15.4. The molecule has 8 heteroatoms. The maximum atomic E-state index is 4.81. The van der Waals surface area contributed by atoms with E-state index in [1.807, 2.05) is 15.9 Å². The summed E-state index contributed by atoms with van der Waals surface area (Å²) in [7, 11) is 0. The van der Waals surface area contributed by atoms with E-state index in [1.165, 1.54) is 28.7 Å². The van der Waals surface area contributed by atoms with Crippen LogP contribution in [0.4, 0.5) is 5.82 Å². The molecule has 0 amide bonds. The van der Waals surface area contributed by atoms with Gasteiger partial charge in [0.15, 0.2) is 0 Å². The zero-order valence-electron chi connectivity index (χ0n) is 13.2. The van der Waals surface area contributed by atoms with Crippen LogP contribution < -0.4 is 4.90 Å². The topological polar surface area (TPSA) is 62.5 Å². The number of tetrazole rings is 1. The molecule has 5 heterocycles. The second kappa shape index (κ2) is 5.10. The molecule has 0 atom stereocenters. The molecule has 0 N–H and O–H groups in total. The van der Waals surface area contributed by atoms with E-state index >= 15 is 0 Å². The Morgan fingerprint density at radius 3 is 2.87 bits per heavy atom. The van der Waals surface area contributed by atoms with Crippen LogP contribution in [0.5, 0.6) is 0 Å². The number of likely N-dealkylation sites (N-methyl/N-ethyl adjacent to an activating group) is 1. The van der Waals surface area contributed by atoms with Crippen molar-refractivity contribution < 1.29 is 0 Å². The highest BCUT2D eigenvalue weighted by Gasteiger charge is 2.27. The Balaban J connectivity index is 1.79. The molecular formula is C15H19N7S. The third-order valence-electron chi connectivity index (χ3n) is 5.05. The average molecular weight is 329 g/mol. The van der Waals surface area contributed by atoms with Gasteiger partial charge in [0.25, 0.3) is 5.78 Å². The minimum absolute atomic E-state index is 0.616. The molecule has 0 radical (unpaired) electrons. The van der Waals surface area contributed by atoms with Crippen molar-refractivity contribution in [2.24, 2.45) is 0 Å². The van der Waals surface area contributed by atoms with Crippen molar-refractivity contribution in [3.63, 3.8) is 0 Å². The van der Waals surface area contributed by atoms with Gasteiger partial charge < -0.3 is 4.90 Å². The molecule has 120 valence electrons. The average Bonchev–Trinajstić information content (AvgIpc) is 3.30. The molecule has 3 aromatic rings. The Hall–Kier alpha value is -1.80. The zero-order valence-corrected chi connectivity index (χ0v) is 14.0. The van der Waals surface area contributed by atoms with Gasteiger partial charge in [0.05, 0.1) is 5.39 Å². The van der Waals surface area contributed by atoms with Gasteiger partial charge in [-0.1, -0.05) is 12.0 Å². The molecular weight excluding hydrogens is 310 g/mol. The van der Waals surface area contributed by atoms with Crippen LogP contribution in [0.2, 0.25) is 0 Å². The smallest absolute Gasteiger partial charge is 0.276 e. The Morgan fingerprint density at radius 2 is 2.04 bits per heavy atom. The summed E-state index contributed by atoms with van der Waals surface area (Å²) in [6.45, 7) is 7.67. The first-order valence-corrected chi connectivity index (χ1v) is 9.16. The second-order valence-corrected chi connectivity index (χ2v) is 7.41. The summed E-state index contributed by atoms with van der Waals surface area (Å²) in [6, 6.07) is 0. The minimum Gasteiger partial charge on any atom is -0.356 e. The van der Waals surface area contributed by atoms with E-state index < -0.39 is 0 Å². The Bertz CT molecular complexity index is 877. The van der Waals surface area contributed by atoms with E-state index in [2.05, 4.69) is 32.2 Å². The Labute approximate surface area is 137 Å². The van der Waals surface area contributed by atoms with Crippen LogP contribution in [0.25, 0.3) is 16.0 Å². The van der Waals surface area contributed by atoms with E-state index in [0.29, 0.717) is 5.78 Å². The minimum atomic E-state index is 0.616. The first-order chi connectivity index (χ1) is 11.3. The second-order valence-electron chi connectivity index (χ2n) is 6.32. The van der Waals surface area contributed by atoms with Crippen molar-refractivity contribution in [3.8, 4) is 0 Å². The maximum absolute atomic E-state index is 4.81. The van der Waals surface area contributed by atoms with Crippen molar-refractivity contribution in [2.45, 2.75) is 32.7 Å². The van der Waals surface area contributed by atoms with E-state index in [0.717, 1.165) is 49.8 Å². The molecule has 1 saturated heterocycles. The van der Waals surface area contributed by atoms with E-state index in [4.69, 9.17) is 4.98 Å². The summed E-state index contributed by atoms with van der Waals surface area (Å²) < 4.78 is 1.81. The standard InChI is InChI=1S/C15H19N7S/c1-2-20-8-5-10-11(9-20)23-14-12(10)13(21-6-3-4-7-21)16-15-17-18-19-22(14)15/h2-9H2,1H3. The van der Waals surface area contributed by atoms with E-state index in [1.54, 1.807) is 0 Å². The van der Waals surface area contributed by atoms with Crippen LogP contribution in [-0.2, 0) is 13.0 Å². The highest BCUT2D eigenvalue weighted by Crippen LogP contribution is 2.40. The SMILES string of the molecule is CCN1CCc2c(sc3c2c(N2CCCC2)nc2nnnn23)C1. The van der Waals surface area contributed by atoms with Crippen molar-refractivity contribution in [1.29, 1.82) is 0 Å². The van der Waals surface area contributed by atoms with E-state index in [9.17, 15) is 0 Å². The molecule has 5 rings (SSSR count). The molecule has 2 aliphatic heterocycles. The fourth-order valence-corrected chi connectivity index (χ4v) is 5.11. The van der Waals surface area contributed by atoms with Crippen LogP contribution in [0.15, 0.2) is 0 Å². The van der Waals surface area contributed by atoms with Gasteiger partial charge in [-0.05, 0) is 41.8 Å². The molecule has 7 nitrogen and oxygen atoms in total. The van der Waals surface area contributed by atoms with Crippen LogP contribution in [0.1, 0.15) is 30.2 Å². The lowest BCUT2D eigenvalue weighted by atomic mass is 10.0. The van der Waals surface area contributed by atoms with Crippen molar-refractivity contribution in [3.05, 3.63) is 10.4 Å². The van der Waals surface area contributed by atoms with E-state index in [-0.39, 0.29) is 0 Å². The fourth-order valence-electron chi connectivity index (χ4n) is 3.78. The van der Waals surface area contributed by atoms with Gasteiger partial charge in [-0.15, -0.1) is 11.3 Å². The molecule has 0 saturated carbocycles. The predicted molar refractivity (Wildman–Crippen MR) is 90.1 cm³/mol. The number of anilines is 1. The molecule has 1 fully saturated rings. The molecule has 0 unspecified atom stereocenters. The van der Waals surface area contributed by atoms with Crippen LogP contribution >= 0.6 is 11.3 Å². The first kappa shape index (κ1) is 13.6. The van der Waals surface area contributed by atoms with Crippen LogP contribution in [0.3, 0.4) is 0 Å². The third kappa shape index (κ3) is 1.98. The van der Waals surface area contributed by atoms with Gasteiger partial charge in [-0.25, -0.2) is 0 Å². The molecule has 0 spiro atoms. The molecule has 2 aliphatic rings. The van der Waals surface area contributed by atoms with Crippen LogP contribution in [0, 0.1) is 0 Å². The normalized spacial score (nSPS) is 19.1. The quantitative estimate of drug-likeness (QED) is 0.713. The molecule has 3 aromatic heterocycles. The number of hydrogen-bond donors (Lipinski definition) is 0. The Kier molecular flexibility index (Phi) is 3.02. The molecule has 23 heavy (non-hydrogen) atoms. The summed E-state index contributed by atoms with van der Waals surface area (Å²) in [6.07, 6.45) is 3.59. The number of rotatable bonds is 2. The third-order valence-corrected chi connectivity index (χ3v) is 6.24. The molecule has 0 bridgehead atoms. The first-order valence-electron chi connectivity index (χ1n) is 8.35. The van der Waals surface area contributed by atoms with Gasteiger partial charge in [0, 0.05) is 31.1 Å². The van der Waals surface area contributed by atoms with Gasteiger partial charge >= 0.3 is 0 Å². The Morgan fingerprint density at radius 1 is 1.17 bits per heavy atom. The lowest BCUT2D eigenvalue weighted by Gasteiger charge is -2.25. The largest absolute Gasteiger partial charge is 0.356 e. The van der Waals surface area contributed by atoms with Gasteiger partial charge in [0.1, 0.15) is 10.6 Å². The van der Waals surface area contributed by atoms with Gasteiger partial charge in [0.2, 0.25) is 0 Å².